The zero-order chi connectivity index (χ0) is 19.2. The summed E-state index contributed by atoms with van der Waals surface area (Å²) in [7, 11) is 0. The van der Waals surface area contributed by atoms with Crippen molar-refractivity contribution in [1.82, 2.24) is 10.2 Å². The van der Waals surface area contributed by atoms with Crippen molar-refractivity contribution in [2.75, 3.05) is 38.2 Å². The number of halogens is 1. The molecule has 27 heavy (non-hydrogen) atoms. The predicted molar refractivity (Wildman–Crippen MR) is 112 cm³/mol. The van der Waals surface area contributed by atoms with Crippen LogP contribution in [-0.2, 0) is 4.74 Å². The van der Waals surface area contributed by atoms with Gasteiger partial charge >= 0.3 is 0 Å². The first-order valence-electron chi connectivity index (χ1n) is 9.23. The van der Waals surface area contributed by atoms with E-state index in [1.165, 1.54) is 23.3 Å². The van der Waals surface area contributed by atoms with Gasteiger partial charge in [-0.2, -0.15) is 0 Å². The van der Waals surface area contributed by atoms with Gasteiger partial charge in [-0.05, 0) is 61.0 Å². The number of morpholine rings is 1. The molecule has 1 saturated heterocycles. The van der Waals surface area contributed by atoms with Gasteiger partial charge in [-0.25, -0.2) is 4.39 Å². The van der Waals surface area contributed by atoms with Gasteiger partial charge in [0.1, 0.15) is 5.82 Å². The quantitative estimate of drug-likeness (QED) is 0.763. The van der Waals surface area contributed by atoms with Gasteiger partial charge in [-0.1, -0.05) is 24.3 Å². The van der Waals surface area contributed by atoms with Crippen LogP contribution in [0.1, 0.15) is 22.7 Å². The molecular weight excluding hydrogens is 361 g/mol. The lowest BCUT2D eigenvalue weighted by molar-refractivity contribution is 0.0170. The average Bonchev–Trinajstić information content (AvgIpc) is 2.68. The van der Waals surface area contributed by atoms with E-state index >= 15 is 0 Å². The van der Waals surface area contributed by atoms with Crippen molar-refractivity contribution in [3.8, 4) is 0 Å². The van der Waals surface area contributed by atoms with Crippen LogP contribution in [0.3, 0.4) is 0 Å². The summed E-state index contributed by atoms with van der Waals surface area (Å²) >= 11 is 5.50. The highest BCUT2D eigenvalue weighted by Crippen LogP contribution is 2.22. The molecule has 0 spiro atoms. The van der Waals surface area contributed by atoms with Gasteiger partial charge in [0.15, 0.2) is 5.11 Å². The number of nitrogens with zero attached hydrogens (tertiary/aromatic N) is 1. The molecule has 1 aliphatic heterocycles. The number of hydrogen-bond donors (Lipinski definition) is 2. The van der Waals surface area contributed by atoms with Crippen molar-refractivity contribution < 1.29 is 9.13 Å². The molecule has 1 aliphatic rings. The Hall–Kier alpha value is -2.02. The first kappa shape index (κ1) is 19.7. The van der Waals surface area contributed by atoms with Gasteiger partial charge in [0, 0.05) is 25.3 Å². The van der Waals surface area contributed by atoms with Gasteiger partial charge in [0.2, 0.25) is 0 Å². The van der Waals surface area contributed by atoms with Gasteiger partial charge < -0.3 is 15.4 Å². The van der Waals surface area contributed by atoms with Crippen LogP contribution in [0.2, 0.25) is 0 Å². The summed E-state index contributed by atoms with van der Waals surface area (Å²) < 4.78 is 18.8. The molecule has 0 bridgehead atoms. The standard InChI is InChI=1S/C21H26FN3OS/c1-15-4-3-5-19(16(15)2)24-21(27)23-14-20(25-10-12-26-13-11-25)17-6-8-18(22)9-7-17/h3-9,20H,10-14H2,1-2H3,(H2,23,24,27)/t20-/m0/s1. The third-order valence-corrected chi connectivity index (χ3v) is 5.30. The monoisotopic (exact) mass is 387 g/mol. The fraction of sp³-hybridized carbons (Fsp3) is 0.381. The molecule has 0 radical (unpaired) electrons. The number of rotatable bonds is 5. The van der Waals surface area contributed by atoms with Gasteiger partial charge in [0.05, 0.1) is 19.3 Å². The van der Waals surface area contributed by atoms with Crippen molar-refractivity contribution in [1.29, 1.82) is 0 Å². The van der Waals surface area contributed by atoms with Gasteiger partial charge in [-0.3, -0.25) is 4.90 Å². The highest BCUT2D eigenvalue weighted by atomic mass is 32.1. The molecule has 6 heteroatoms. The summed E-state index contributed by atoms with van der Waals surface area (Å²) in [5.41, 5.74) is 4.49. The summed E-state index contributed by atoms with van der Waals surface area (Å²) in [6.07, 6.45) is 0. The molecule has 0 saturated carbocycles. The van der Waals surface area contributed by atoms with E-state index in [0.717, 1.165) is 24.3 Å². The Balaban J connectivity index is 1.67. The molecule has 1 fully saturated rings. The molecule has 4 nitrogen and oxygen atoms in total. The van der Waals surface area contributed by atoms with Crippen LogP contribution in [0.25, 0.3) is 0 Å². The van der Waals surface area contributed by atoms with E-state index in [0.29, 0.717) is 24.9 Å². The van der Waals surface area contributed by atoms with Gasteiger partial charge in [0.25, 0.3) is 0 Å². The highest BCUT2D eigenvalue weighted by Gasteiger charge is 2.23. The Morgan fingerprint density at radius 2 is 1.85 bits per heavy atom. The molecule has 0 aliphatic carbocycles. The molecule has 2 N–H and O–H groups in total. The third-order valence-electron chi connectivity index (χ3n) is 5.05. The molecule has 2 aromatic rings. The minimum absolute atomic E-state index is 0.104. The SMILES string of the molecule is Cc1cccc(NC(=S)NC[C@@H](c2ccc(F)cc2)N2CCOCC2)c1C. The van der Waals surface area contributed by atoms with Crippen molar-refractivity contribution in [3.05, 3.63) is 65.0 Å². The summed E-state index contributed by atoms with van der Waals surface area (Å²) in [5.74, 6) is -0.223. The van der Waals surface area contributed by atoms with Crippen LogP contribution >= 0.6 is 12.2 Å². The van der Waals surface area contributed by atoms with Crippen LogP contribution in [0.5, 0.6) is 0 Å². The molecule has 1 heterocycles. The van der Waals surface area contributed by atoms with Crippen LogP contribution < -0.4 is 10.6 Å². The fourth-order valence-corrected chi connectivity index (χ4v) is 3.47. The number of thiocarbonyl (C=S) groups is 1. The Kier molecular flexibility index (Phi) is 6.77. The van der Waals surface area contributed by atoms with E-state index in [-0.39, 0.29) is 11.9 Å². The van der Waals surface area contributed by atoms with Crippen LogP contribution in [0.4, 0.5) is 10.1 Å². The zero-order valence-electron chi connectivity index (χ0n) is 15.8. The third kappa shape index (κ3) is 5.25. The molecule has 1 atom stereocenters. The molecule has 3 rings (SSSR count). The van der Waals surface area contributed by atoms with Crippen molar-refractivity contribution in [2.24, 2.45) is 0 Å². The maximum absolute atomic E-state index is 13.3. The largest absolute Gasteiger partial charge is 0.379 e. The minimum Gasteiger partial charge on any atom is -0.379 e. The number of anilines is 1. The smallest absolute Gasteiger partial charge is 0.170 e. The van der Waals surface area contributed by atoms with E-state index in [1.54, 1.807) is 0 Å². The first-order valence-corrected chi connectivity index (χ1v) is 9.64. The van der Waals surface area contributed by atoms with E-state index < -0.39 is 0 Å². The molecule has 0 amide bonds. The second-order valence-corrected chi connectivity index (χ2v) is 7.21. The normalized spacial score (nSPS) is 16.0. The molecule has 0 unspecified atom stereocenters. The van der Waals surface area contributed by atoms with E-state index in [1.807, 2.05) is 24.3 Å². The highest BCUT2D eigenvalue weighted by molar-refractivity contribution is 7.80. The Labute approximate surface area is 165 Å². The lowest BCUT2D eigenvalue weighted by Gasteiger charge is -2.35. The number of benzene rings is 2. The lowest BCUT2D eigenvalue weighted by atomic mass is 10.0. The number of hydrogen-bond acceptors (Lipinski definition) is 3. The predicted octanol–water partition coefficient (Wildman–Crippen LogP) is 3.80. The second kappa shape index (κ2) is 9.26. The maximum Gasteiger partial charge on any atom is 0.170 e. The Morgan fingerprint density at radius 1 is 1.15 bits per heavy atom. The second-order valence-electron chi connectivity index (χ2n) is 6.80. The van der Waals surface area contributed by atoms with E-state index in [2.05, 4.69) is 35.4 Å². The number of nitrogens with one attached hydrogen (secondary N) is 2. The number of ether oxygens (including phenoxy) is 1. The topological polar surface area (TPSA) is 36.5 Å². The summed E-state index contributed by atoms with van der Waals surface area (Å²) in [4.78, 5) is 2.35. The molecule has 0 aromatic heterocycles. The minimum atomic E-state index is -0.223. The fourth-order valence-electron chi connectivity index (χ4n) is 3.27. The van der Waals surface area contributed by atoms with Crippen LogP contribution in [0.15, 0.2) is 42.5 Å². The lowest BCUT2D eigenvalue weighted by Crippen LogP contribution is -2.44. The summed E-state index contributed by atoms with van der Waals surface area (Å²) in [6.45, 7) is 7.92. The molecule has 144 valence electrons. The average molecular weight is 388 g/mol. The molecular formula is C21H26FN3OS. The van der Waals surface area contributed by atoms with Crippen molar-refractivity contribution in [3.63, 3.8) is 0 Å². The Morgan fingerprint density at radius 3 is 2.56 bits per heavy atom. The summed E-state index contributed by atoms with van der Waals surface area (Å²) in [6, 6.07) is 12.9. The molecule has 2 aromatic carbocycles. The summed E-state index contributed by atoms with van der Waals surface area (Å²) in [5, 5.41) is 7.21. The van der Waals surface area contributed by atoms with E-state index in [9.17, 15) is 4.39 Å². The van der Waals surface area contributed by atoms with Crippen molar-refractivity contribution in [2.45, 2.75) is 19.9 Å². The number of aryl methyl sites for hydroxylation is 1. The van der Waals surface area contributed by atoms with E-state index in [4.69, 9.17) is 17.0 Å². The van der Waals surface area contributed by atoms with Crippen LogP contribution in [0, 0.1) is 19.7 Å². The van der Waals surface area contributed by atoms with Crippen molar-refractivity contribution >= 4 is 23.0 Å². The Bertz CT molecular complexity index is 775. The first-order chi connectivity index (χ1) is 13.0. The van der Waals surface area contributed by atoms with Crippen LogP contribution in [-0.4, -0.2) is 42.9 Å². The zero-order valence-corrected chi connectivity index (χ0v) is 16.6. The maximum atomic E-state index is 13.3. The van der Waals surface area contributed by atoms with Gasteiger partial charge in [-0.15, -0.1) is 0 Å².